The van der Waals surface area contributed by atoms with Gasteiger partial charge in [0, 0.05) is 25.7 Å². The van der Waals surface area contributed by atoms with E-state index in [1.54, 1.807) is 17.2 Å². The van der Waals surface area contributed by atoms with Crippen molar-refractivity contribution in [3.8, 4) is 5.82 Å². The highest BCUT2D eigenvalue weighted by molar-refractivity contribution is 5.25. The predicted octanol–water partition coefficient (Wildman–Crippen LogP) is -0.461. The summed E-state index contributed by atoms with van der Waals surface area (Å²) < 4.78 is 1.60. The van der Waals surface area contributed by atoms with Crippen LogP contribution in [0.3, 0.4) is 0 Å². The first-order valence-electron chi connectivity index (χ1n) is 5.48. The number of aliphatic hydroxyl groups is 1. The van der Waals surface area contributed by atoms with Crippen LogP contribution in [0.5, 0.6) is 0 Å². The van der Waals surface area contributed by atoms with Crippen LogP contribution in [0.15, 0.2) is 31.0 Å². The summed E-state index contributed by atoms with van der Waals surface area (Å²) in [5.74, 6) is 0.727. The van der Waals surface area contributed by atoms with Crippen molar-refractivity contribution in [1.29, 1.82) is 0 Å². The van der Waals surface area contributed by atoms with Crippen LogP contribution in [0.2, 0.25) is 0 Å². The Bertz CT molecular complexity index is 489. The molecule has 3 heterocycles. The smallest absolute Gasteiger partial charge is 0.155 e. The Hall–Kier alpha value is -1.79. The summed E-state index contributed by atoms with van der Waals surface area (Å²) in [4.78, 5) is 8.16. The van der Waals surface area contributed by atoms with Gasteiger partial charge in [0.1, 0.15) is 12.7 Å². The number of nitrogens with one attached hydrogen (secondary N) is 1. The van der Waals surface area contributed by atoms with E-state index in [-0.39, 0.29) is 0 Å². The molecule has 0 atom stereocenters. The zero-order valence-corrected chi connectivity index (χ0v) is 9.24. The van der Waals surface area contributed by atoms with Crippen molar-refractivity contribution >= 4 is 0 Å². The van der Waals surface area contributed by atoms with Crippen molar-refractivity contribution in [2.75, 3.05) is 13.1 Å². The Labute approximate surface area is 98.3 Å². The number of pyridine rings is 1. The molecular weight excluding hydrogens is 218 g/mol. The van der Waals surface area contributed by atoms with Gasteiger partial charge in [-0.3, -0.25) is 0 Å². The van der Waals surface area contributed by atoms with Gasteiger partial charge in [0.05, 0.1) is 5.60 Å². The van der Waals surface area contributed by atoms with Crippen molar-refractivity contribution < 1.29 is 5.11 Å². The average Bonchev–Trinajstić information content (AvgIpc) is 2.81. The summed E-state index contributed by atoms with van der Waals surface area (Å²) >= 11 is 0. The fourth-order valence-corrected chi connectivity index (χ4v) is 1.90. The summed E-state index contributed by atoms with van der Waals surface area (Å²) in [5, 5.41) is 17.1. The highest BCUT2D eigenvalue weighted by Gasteiger charge is 2.34. The molecule has 2 aromatic rings. The molecule has 0 aliphatic carbocycles. The van der Waals surface area contributed by atoms with Gasteiger partial charge in [0.15, 0.2) is 5.82 Å². The van der Waals surface area contributed by atoms with Crippen molar-refractivity contribution in [2.45, 2.75) is 12.0 Å². The molecule has 0 unspecified atom stereocenters. The lowest BCUT2D eigenvalue weighted by Gasteiger charge is -2.37. The van der Waals surface area contributed by atoms with E-state index in [2.05, 4.69) is 20.4 Å². The number of β-amino-alcohol motifs (C(OH)–C–C–N with tert-alkyl or cyclic N) is 1. The first-order valence-corrected chi connectivity index (χ1v) is 5.48. The van der Waals surface area contributed by atoms with Crippen LogP contribution in [-0.4, -0.2) is 43.5 Å². The second-order valence-electron chi connectivity index (χ2n) is 4.37. The number of rotatable bonds is 3. The van der Waals surface area contributed by atoms with Gasteiger partial charge in [0.2, 0.25) is 0 Å². The van der Waals surface area contributed by atoms with Gasteiger partial charge >= 0.3 is 0 Å². The van der Waals surface area contributed by atoms with Gasteiger partial charge in [-0.2, -0.15) is 5.10 Å². The lowest BCUT2D eigenvalue weighted by atomic mass is 9.90. The molecular formula is C11H13N5O. The van der Waals surface area contributed by atoms with E-state index < -0.39 is 5.60 Å². The highest BCUT2D eigenvalue weighted by atomic mass is 16.3. The molecule has 6 nitrogen and oxygen atoms in total. The summed E-state index contributed by atoms with van der Waals surface area (Å²) in [7, 11) is 0. The average molecular weight is 231 g/mol. The van der Waals surface area contributed by atoms with Crippen LogP contribution in [-0.2, 0) is 6.42 Å². The van der Waals surface area contributed by atoms with E-state index in [1.165, 1.54) is 6.33 Å². The van der Waals surface area contributed by atoms with Gasteiger partial charge in [-0.25, -0.2) is 14.6 Å². The SMILES string of the molecule is OC1(Cc2ccc(-n3cncn3)nc2)CNC1. The minimum atomic E-state index is -0.601. The number of nitrogens with zero attached hydrogens (tertiary/aromatic N) is 4. The molecule has 0 aromatic carbocycles. The molecule has 1 aliphatic rings. The molecule has 17 heavy (non-hydrogen) atoms. The van der Waals surface area contributed by atoms with Gasteiger partial charge in [-0.05, 0) is 11.6 Å². The number of hydrogen-bond donors (Lipinski definition) is 2. The van der Waals surface area contributed by atoms with Crippen molar-refractivity contribution in [3.05, 3.63) is 36.5 Å². The Kier molecular flexibility index (Phi) is 2.38. The maximum atomic E-state index is 10.00. The molecule has 3 rings (SSSR count). The zero-order chi connectivity index (χ0) is 11.7. The van der Waals surface area contributed by atoms with Crippen LogP contribution in [0.1, 0.15) is 5.56 Å². The fourth-order valence-electron chi connectivity index (χ4n) is 1.90. The van der Waals surface area contributed by atoms with E-state index in [9.17, 15) is 5.11 Å². The third-order valence-corrected chi connectivity index (χ3v) is 2.90. The predicted molar refractivity (Wildman–Crippen MR) is 60.7 cm³/mol. The quantitative estimate of drug-likeness (QED) is 0.747. The molecule has 0 spiro atoms. The van der Waals surface area contributed by atoms with E-state index in [0.29, 0.717) is 19.5 Å². The molecule has 1 saturated heterocycles. The lowest BCUT2D eigenvalue weighted by Crippen LogP contribution is -2.60. The van der Waals surface area contributed by atoms with E-state index in [4.69, 9.17) is 0 Å². The molecule has 6 heteroatoms. The second kappa shape index (κ2) is 3.90. The Morgan fingerprint density at radius 1 is 1.41 bits per heavy atom. The maximum absolute atomic E-state index is 10.00. The van der Waals surface area contributed by atoms with Gasteiger partial charge < -0.3 is 10.4 Å². The normalized spacial score (nSPS) is 17.7. The van der Waals surface area contributed by atoms with Crippen molar-refractivity contribution in [2.24, 2.45) is 0 Å². The van der Waals surface area contributed by atoms with Crippen LogP contribution in [0.25, 0.3) is 5.82 Å². The summed E-state index contributed by atoms with van der Waals surface area (Å²) in [5.41, 5.74) is 0.425. The third-order valence-electron chi connectivity index (χ3n) is 2.90. The minimum Gasteiger partial charge on any atom is -0.387 e. The zero-order valence-electron chi connectivity index (χ0n) is 9.24. The fraction of sp³-hybridized carbons (Fsp3) is 0.364. The monoisotopic (exact) mass is 231 g/mol. The van der Waals surface area contributed by atoms with Crippen molar-refractivity contribution in [1.82, 2.24) is 25.1 Å². The summed E-state index contributed by atoms with van der Waals surface area (Å²) in [6.07, 6.45) is 5.47. The van der Waals surface area contributed by atoms with Crippen LogP contribution < -0.4 is 5.32 Å². The topological polar surface area (TPSA) is 75.9 Å². The number of hydrogen-bond acceptors (Lipinski definition) is 5. The van der Waals surface area contributed by atoms with Gasteiger partial charge in [-0.1, -0.05) is 6.07 Å². The molecule has 0 saturated carbocycles. The summed E-state index contributed by atoms with van der Waals surface area (Å²) in [6.45, 7) is 1.30. The van der Waals surface area contributed by atoms with Gasteiger partial charge in [-0.15, -0.1) is 0 Å². The Balaban J connectivity index is 1.76. The summed E-state index contributed by atoms with van der Waals surface area (Å²) in [6, 6.07) is 3.83. The molecule has 2 N–H and O–H groups in total. The minimum absolute atomic E-state index is 0.601. The highest BCUT2D eigenvalue weighted by Crippen LogP contribution is 2.17. The van der Waals surface area contributed by atoms with E-state index in [1.807, 2.05) is 12.1 Å². The van der Waals surface area contributed by atoms with Crippen LogP contribution in [0.4, 0.5) is 0 Å². The molecule has 0 amide bonds. The molecule has 0 bridgehead atoms. The molecule has 2 aromatic heterocycles. The standard InChI is InChI=1S/C11H13N5O/c17-11(5-12-6-11)3-9-1-2-10(14-4-9)16-8-13-7-15-16/h1-2,4,7-8,12,17H,3,5-6H2. The molecule has 88 valence electrons. The second-order valence-corrected chi connectivity index (χ2v) is 4.37. The van der Waals surface area contributed by atoms with Crippen molar-refractivity contribution in [3.63, 3.8) is 0 Å². The molecule has 1 fully saturated rings. The Morgan fingerprint density at radius 3 is 2.82 bits per heavy atom. The molecule has 0 radical (unpaired) electrons. The number of aromatic nitrogens is 4. The van der Waals surface area contributed by atoms with Gasteiger partial charge in [0.25, 0.3) is 0 Å². The molecule has 1 aliphatic heterocycles. The first kappa shape index (κ1) is 10.4. The van der Waals surface area contributed by atoms with Crippen LogP contribution in [0, 0.1) is 0 Å². The van der Waals surface area contributed by atoms with E-state index >= 15 is 0 Å². The Morgan fingerprint density at radius 2 is 2.29 bits per heavy atom. The van der Waals surface area contributed by atoms with E-state index in [0.717, 1.165) is 11.4 Å². The third kappa shape index (κ3) is 2.04. The maximum Gasteiger partial charge on any atom is 0.155 e. The largest absolute Gasteiger partial charge is 0.387 e. The lowest BCUT2D eigenvalue weighted by molar-refractivity contribution is -0.00908. The first-order chi connectivity index (χ1) is 8.25. The van der Waals surface area contributed by atoms with Crippen LogP contribution >= 0.6 is 0 Å².